The Bertz CT molecular complexity index is 865. The molecule has 3 aromatic heterocycles. The average molecular weight is 332 g/mol. The molecule has 0 bridgehead atoms. The van der Waals surface area contributed by atoms with E-state index in [4.69, 9.17) is 8.83 Å². The summed E-state index contributed by atoms with van der Waals surface area (Å²) in [5.74, 6) is 0.0262. The fraction of sp³-hybridized carbons (Fsp3) is 0. The van der Waals surface area contributed by atoms with E-state index in [0.29, 0.717) is 10.6 Å². The van der Waals surface area contributed by atoms with Crippen molar-refractivity contribution in [2.24, 2.45) is 0 Å². The standard InChI is InChI=1S/C13H8N4O5S/c18-10(5-3-8-4-6-11(23-8)17(19)20)14-13-16-15-12(22-13)9-2-1-7-21-9/h1-7H,(H,14,16,18). The Morgan fingerprint density at radius 3 is 2.91 bits per heavy atom. The molecule has 0 unspecified atom stereocenters. The number of thiophene rings is 1. The molecule has 0 saturated heterocycles. The van der Waals surface area contributed by atoms with Crippen LogP contribution in [0, 0.1) is 10.1 Å². The van der Waals surface area contributed by atoms with E-state index in [2.05, 4.69) is 15.5 Å². The van der Waals surface area contributed by atoms with Crippen molar-refractivity contribution in [3.63, 3.8) is 0 Å². The predicted octanol–water partition coefficient (Wildman–Crippen LogP) is 2.95. The Balaban J connectivity index is 1.62. The van der Waals surface area contributed by atoms with Crippen LogP contribution in [-0.2, 0) is 4.79 Å². The zero-order valence-electron chi connectivity index (χ0n) is 11.3. The highest BCUT2D eigenvalue weighted by Crippen LogP contribution is 2.25. The molecular formula is C13H8N4O5S. The number of amides is 1. The van der Waals surface area contributed by atoms with Gasteiger partial charge in [-0.25, -0.2) is 0 Å². The number of aromatic nitrogens is 2. The van der Waals surface area contributed by atoms with Gasteiger partial charge >= 0.3 is 11.0 Å². The van der Waals surface area contributed by atoms with Crippen LogP contribution in [0.1, 0.15) is 4.88 Å². The zero-order valence-corrected chi connectivity index (χ0v) is 12.1. The van der Waals surface area contributed by atoms with Crippen molar-refractivity contribution < 1.29 is 18.6 Å². The molecule has 0 spiro atoms. The van der Waals surface area contributed by atoms with Crippen LogP contribution in [0.15, 0.2) is 45.4 Å². The minimum atomic E-state index is -0.504. The van der Waals surface area contributed by atoms with Crippen LogP contribution in [0.5, 0.6) is 0 Å². The molecule has 0 aliphatic heterocycles. The molecule has 1 N–H and O–H groups in total. The van der Waals surface area contributed by atoms with E-state index in [0.717, 1.165) is 11.3 Å². The number of carbonyl (C=O) groups is 1. The van der Waals surface area contributed by atoms with Gasteiger partial charge in [-0.3, -0.25) is 20.2 Å². The predicted molar refractivity (Wildman–Crippen MR) is 80.6 cm³/mol. The Kier molecular flexibility index (Phi) is 3.97. The monoisotopic (exact) mass is 332 g/mol. The van der Waals surface area contributed by atoms with Gasteiger partial charge in [-0.05, 0) is 24.3 Å². The number of anilines is 1. The summed E-state index contributed by atoms with van der Waals surface area (Å²) in [5.41, 5.74) is 0. The molecule has 23 heavy (non-hydrogen) atoms. The van der Waals surface area contributed by atoms with Gasteiger partial charge in [0.15, 0.2) is 5.76 Å². The lowest BCUT2D eigenvalue weighted by atomic mass is 10.4. The molecule has 3 aromatic rings. The van der Waals surface area contributed by atoms with Gasteiger partial charge in [0.25, 0.3) is 11.8 Å². The average Bonchev–Trinajstić information content (AvgIpc) is 3.25. The summed E-state index contributed by atoms with van der Waals surface area (Å²) in [4.78, 5) is 22.4. The van der Waals surface area contributed by atoms with Gasteiger partial charge in [-0.15, -0.1) is 5.10 Å². The van der Waals surface area contributed by atoms with E-state index in [1.807, 2.05) is 0 Å². The van der Waals surface area contributed by atoms with Crippen LogP contribution in [0.25, 0.3) is 17.7 Å². The second-order valence-corrected chi connectivity index (χ2v) is 5.24. The molecule has 9 nitrogen and oxygen atoms in total. The fourth-order valence-corrected chi connectivity index (χ4v) is 2.33. The van der Waals surface area contributed by atoms with E-state index >= 15 is 0 Å². The third-order valence-electron chi connectivity index (χ3n) is 2.58. The van der Waals surface area contributed by atoms with Gasteiger partial charge in [-0.2, -0.15) is 0 Å². The van der Waals surface area contributed by atoms with Crippen LogP contribution in [-0.4, -0.2) is 21.0 Å². The van der Waals surface area contributed by atoms with Gasteiger partial charge in [0, 0.05) is 17.0 Å². The van der Waals surface area contributed by atoms with Crippen molar-refractivity contribution >= 4 is 34.3 Å². The number of nitrogens with one attached hydrogen (secondary N) is 1. The Morgan fingerprint density at radius 2 is 2.22 bits per heavy atom. The van der Waals surface area contributed by atoms with Gasteiger partial charge < -0.3 is 8.83 Å². The first-order chi connectivity index (χ1) is 11.1. The molecule has 0 aromatic carbocycles. The Labute approximate surface area is 132 Å². The topological polar surface area (TPSA) is 124 Å². The number of nitro groups is 1. The molecule has 0 fully saturated rings. The summed E-state index contributed by atoms with van der Waals surface area (Å²) in [6, 6.07) is 6.15. The van der Waals surface area contributed by atoms with Gasteiger partial charge in [0.05, 0.1) is 11.2 Å². The summed E-state index contributed by atoms with van der Waals surface area (Å²) in [7, 11) is 0. The Morgan fingerprint density at radius 1 is 1.35 bits per heavy atom. The molecule has 116 valence electrons. The molecule has 3 rings (SSSR count). The lowest BCUT2D eigenvalue weighted by molar-refractivity contribution is -0.380. The smallest absolute Gasteiger partial charge is 0.324 e. The largest absolute Gasteiger partial charge is 0.459 e. The van der Waals surface area contributed by atoms with E-state index in [1.54, 1.807) is 18.2 Å². The van der Waals surface area contributed by atoms with Crippen molar-refractivity contribution in [3.05, 3.63) is 51.6 Å². The summed E-state index contributed by atoms with van der Waals surface area (Å²) < 4.78 is 10.3. The maximum absolute atomic E-state index is 11.7. The number of furan rings is 1. The van der Waals surface area contributed by atoms with Crippen LogP contribution in [0.2, 0.25) is 0 Å². The summed E-state index contributed by atoms with van der Waals surface area (Å²) in [5, 5.41) is 20.4. The molecule has 0 atom stereocenters. The fourth-order valence-electron chi connectivity index (χ4n) is 1.61. The normalized spacial score (nSPS) is 11.0. The second kappa shape index (κ2) is 6.23. The van der Waals surface area contributed by atoms with Crippen LogP contribution >= 0.6 is 11.3 Å². The van der Waals surface area contributed by atoms with Crippen molar-refractivity contribution in [2.45, 2.75) is 0 Å². The zero-order chi connectivity index (χ0) is 16.2. The summed E-state index contributed by atoms with van der Waals surface area (Å²) in [6.45, 7) is 0. The first kappa shape index (κ1) is 14.7. The third kappa shape index (κ3) is 3.49. The van der Waals surface area contributed by atoms with Gasteiger partial charge in [0.1, 0.15) is 0 Å². The molecule has 0 aliphatic carbocycles. The lowest BCUT2D eigenvalue weighted by Gasteiger charge is -1.93. The lowest BCUT2D eigenvalue weighted by Crippen LogP contribution is -2.07. The molecule has 0 radical (unpaired) electrons. The van der Waals surface area contributed by atoms with Crippen molar-refractivity contribution in [3.8, 4) is 11.7 Å². The minimum Gasteiger partial charge on any atom is -0.459 e. The van der Waals surface area contributed by atoms with E-state index in [9.17, 15) is 14.9 Å². The van der Waals surface area contributed by atoms with Crippen molar-refractivity contribution in [1.29, 1.82) is 0 Å². The highest BCUT2D eigenvalue weighted by molar-refractivity contribution is 7.16. The van der Waals surface area contributed by atoms with Crippen LogP contribution < -0.4 is 5.32 Å². The maximum atomic E-state index is 11.7. The highest BCUT2D eigenvalue weighted by atomic mass is 32.1. The molecule has 10 heteroatoms. The van der Waals surface area contributed by atoms with E-state index < -0.39 is 10.8 Å². The SMILES string of the molecule is O=C(C=Cc1ccc([N+](=O)[O-])s1)Nc1nnc(-c2ccco2)o1. The van der Waals surface area contributed by atoms with Gasteiger partial charge in [-0.1, -0.05) is 16.4 Å². The van der Waals surface area contributed by atoms with Crippen LogP contribution in [0.3, 0.4) is 0 Å². The van der Waals surface area contributed by atoms with E-state index in [1.165, 1.54) is 24.5 Å². The molecule has 1 amide bonds. The first-order valence-electron chi connectivity index (χ1n) is 6.22. The highest BCUT2D eigenvalue weighted by Gasteiger charge is 2.12. The quantitative estimate of drug-likeness (QED) is 0.432. The van der Waals surface area contributed by atoms with Crippen molar-refractivity contribution in [2.75, 3.05) is 5.32 Å². The Hall–Kier alpha value is -3.27. The molecule has 3 heterocycles. The van der Waals surface area contributed by atoms with Crippen LogP contribution in [0.4, 0.5) is 11.0 Å². The number of hydrogen-bond acceptors (Lipinski definition) is 8. The van der Waals surface area contributed by atoms with E-state index in [-0.39, 0.29) is 16.9 Å². The molecule has 0 saturated carbocycles. The third-order valence-corrected chi connectivity index (χ3v) is 3.58. The number of hydrogen-bond donors (Lipinski definition) is 1. The second-order valence-electron chi connectivity index (χ2n) is 4.15. The van der Waals surface area contributed by atoms with Gasteiger partial charge in [0.2, 0.25) is 0 Å². The summed E-state index contributed by atoms with van der Waals surface area (Å²) >= 11 is 0.962. The number of rotatable bonds is 5. The van der Waals surface area contributed by atoms with Crippen molar-refractivity contribution in [1.82, 2.24) is 10.2 Å². The maximum Gasteiger partial charge on any atom is 0.324 e. The first-order valence-corrected chi connectivity index (χ1v) is 7.04. The molecular weight excluding hydrogens is 324 g/mol. The number of carbonyl (C=O) groups excluding carboxylic acids is 1. The number of nitrogens with zero attached hydrogens (tertiary/aromatic N) is 3. The minimum absolute atomic E-state index is 0.00468. The molecule has 0 aliphatic rings. The summed E-state index contributed by atoms with van der Waals surface area (Å²) in [6.07, 6.45) is 4.13.